The van der Waals surface area contributed by atoms with Crippen molar-refractivity contribution in [3.8, 4) is 0 Å². The number of primary amides is 1. The van der Waals surface area contributed by atoms with Gasteiger partial charge < -0.3 is 16.8 Å². The van der Waals surface area contributed by atoms with Gasteiger partial charge >= 0.3 is 0 Å². The van der Waals surface area contributed by atoms with E-state index in [2.05, 4.69) is 11.4 Å². The van der Waals surface area contributed by atoms with Gasteiger partial charge in [0.1, 0.15) is 0 Å². The standard InChI is InChI=1S/C12H17N3O/c1-2-3-4-7-15-11-6-5-9(12(14)16)8-10(11)13/h2-3,5-6,8,15H,4,7,13H2,1H3,(H2,14,16)/b3-2+. The molecule has 0 atom stereocenters. The average Bonchev–Trinajstić information content (AvgIpc) is 2.26. The van der Waals surface area contributed by atoms with E-state index in [-0.39, 0.29) is 0 Å². The summed E-state index contributed by atoms with van der Waals surface area (Å²) in [5, 5.41) is 3.19. The van der Waals surface area contributed by atoms with E-state index in [1.54, 1.807) is 18.2 Å². The first-order chi connectivity index (χ1) is 7.65. The third kappa shape index (κ3) is 3.31. The maximum Gasteiger partial charge on any atom is 0.248 e. The van der Waals surface area contributed by atoms with Crippen LogP contribution in [0.4, 0.5) is 11.4 Å². The van der Waals surface area contributed by atoms with Gasteiger partial charge in [0.25, 0.3) is 0 Å². The summed E-state index contributed by atoms with van der Waals surface area (Å²) in [5.74, 6) is -0.466. The molecule has 0 aromatic heterocycles. The summed E-state index contributed by atoms with van der Waals surface area (Å²) in [5.41, 5.74) is 12.7. The first-order valence-corrected chi connectivity index (χ1v) is 5.19. The lowest BCUT2D eigenvalue weighted by atomic mass is 10.1. The highest BCUT2D eigenvalue weighted by Crippen LogP contribution is 2.19. The van der Waals surface area contributed by atoms with Crippen molar-refractivity contribution >= 4 is 17.3 Å². The van der Waals surface area contributed by atoms with Crippen LogP contribution >= 0.6 is 0 Å². The van der Waals surface area contributed by atoms with Crippen molar-refractivity contribution in [1.82, 2.24) is 0 Å². The summed E-state index contributed by atoms with van der Waals surface area (Å²) in [6.07, 6.45) is 5.01. The quantitative estimate of drug-likeness (QED) is 0.401. The summed E-state index contributed by atoms with van der Waals surface area (Å²) in [6.45, 7) is 2.79. The zero-order valence-electron chi connectivity index (χ0n) is 9.36. The van der Waals surface area contributed by atoms with Crippen LogP contribution in [0.15, 0.2) is 30.4 Å². The van der Waals surface area contributed by atoms with Gasteiger partial charge in [-0.1, -0.05) is 12.2 Å². The van der Waals surface area contributed by atoms with Crippen LogP contribution in [-0.2, 0) is 0 Å². The van der Waals surface area contributed by atoms with Crippen molar-refractivity contribution < 1.29 is 4.79 Å². The third-order valence-corrected chi connectivity index (χ3v) is 2.20. The first kappa shape index (κ1) is 12.1. The van der Waals surface area contributed by atoms with Crippen molar-refractivity contribution in [3.63, 3.8) is 0 Å². The molecule has 1 aromatic rings. The van der Waals surface area contributed by atoms with Gasteiger partial charge in [-0.15, -0.1) is 0 Å². The molecule has 0 aliphatic heterocycles. The first-order valence-electron chi connectivity index (χ1n) is 5.19. The van der Waals surface area contributed by atoms with E-state index in [9.17, 15) is 4.79 Å². The lowest BCUT2D eigenvalue weighted by molar-refractivity contribution is 0.100. The van der Waals surface area contributed by atoms with Gasteiger partial charge in [-0.2, -0.15) is 0 Å². The Hall–Kier alpha value is -1.97. The molecule has 0 aliphatic rings. The summed E-state index contributed by atoms with van der Waals surface area (Å²) < 4.78 is 0. The molecule has 0 spiro atoms. The molecule has 86 valence electrons. The molecule has 16 heavy (non-hydrogen) atoms. The second-order valence-electron chi connectivity index (χ2n) is 3.45. The molecule has 0 radical (unpaired) electrons. The van der Waals surface area contributed by atoms with Gasteiger partial charge in [-0.05, 0) is 31.5 Å². The van der Waals surface area contributed by atoms with Crippen molar-refractivity contribution in [1.29, 1.82) is 0 Å². The molecule has 5 N–H and O–H groups in total. The molecule has 0 fully saturated rings. The van der Waals surface area contributed by atoms with Gasteiger partial charge in [0, 0.05) is 12.1 Å². The van der Waals surface area contributed by atoms with Crippen LogP contribution in [0.1, 0.15) is 23.7 Å². The minimum absolute atomic E-state index is 0.427. The fourth-order valence-corrected chi connectivity index (χ4v) is 1.33. The lowest BCUT2D eigenvalue weighted by Gasteiger charge is -2.08. The Morgan fingerprint density at radius 2 is 2.25 bits per heavy atom. The van der Waals surface area contributed by atoms with Crippen LogP contribution in [0.2, 0.25) is 0 Å². The minimum atomic E-state index is -0.466. The van der Waals surface area contributed by atoms with Crippen molar-refractivity contribution in [2.75, 3.05) is 17.6 Å². The van der Waals surface area contributed by atoms with Gasteiger partial charge in [-0.3, -0.25) is 4.79 Å². The molecule has 0 saturated heterocycles. The Morgan fingerprint density at radius 3 is 2.81 bits per heavy atom. The molecule has 4 nitrogen and oxygen atoms in total. The summed E-state index contributed by atoms with van der Waals surface area (Å²) in [4.78, 5) is 10.9. The monoisotopic (exact) mass is 219 g/mol. The van der Waals surface area contributed by atoms with E-state index in [0.29, 0.717) is 11.3 Å². The Morgan fingerprint density at radius 1 is 1.50 bits per heavy atom. The van der Waals surface area contributed by atoms with E-state index in [4.69, 9.17) is 11.5 Å². The van der Waals surface area contributed by atoms with Crippen molar-refractivity contribution in [2.24, 2.45) is 5.73 Å². The van der Waals surface area contributed by atoms with E-state index in [0.717, 1.165) is 18.7 Å². The molecular weight excluding hydrogens is 202 g/mol. The number of carbonyl (C=O) groups excluding carboxylic acids is 1. The van der Waals surface area contributed by atoms with Gasteiger partial charge in [0.2, 0.25) is 5.91 Å². The number of rotatable bonds is 5. The fraction of sp³-hybridized carbons (Fsp3) is 0.250. The minimum Gasteiger partial charge on any atom is -0.397 e. The smallest absolute Gasteiger partial charge is 0.248 e. The number of allylic oxidation sites excluding steroid dienone is 1. The normalized spacial score (nSPS) is 10.6. The third-order valence-electron chi connectivity index (χ3n) is 2.20. The maximum absolute atomic E-state index is 10.9. The molecule has 1 amide bonds. The molecule has 0 aliphatic carbocycles. The second kappa shape index (κ2) is 5.80. The SMILES string of the molecule is C/C=C/CCNc1ccc(C(N)=O)cc1N. The highest BCUT2D eigenvalue weighted by Gasteiger charge is 2.03. The lowest BCUT2D eigenvalue weighted by Crippen LogP contribution is -2.12. The highest BCUT2D eigenvalue weighted by atomic mass is 16.1. The molecule has 0 unspecified atom stereocenters. The second-order valence-corrected chi connectivity index (χ2v) is 3.45. The molecule has 0 heterocycles. The molecule has 0 saturated carbocycles. The summed E-state index contributed by atoms with van der Waals surface area (Å²) in [6, 6.07) is 5.02. The van der Waals surface area contributed by atoms with Crippen molar-refractivity contribution in [2.45, 2.75) is 13.3 Å². The number of carbonyl (C=O) groups is 1. The number of anilines is 2. The Balaban J connectivity index is 2.64. The van der Waals surface area contributed by atoms with E-state index in [1.165, 1.54) is 0 Å². The van der Waals surface area contributed by atoms with Crippen LogP contribution in [0.3, 0.4) is 0 Å². The number of nitrogen functional groups attached to an aromatic ring is 1. The molecule has 1 aromatic carbocycles. The Bertz CT molecular complexity index is 399. The fourth-order valence-electron chi connectivity index (χ4n) is 1.33. The molecule has 4 heteroatoms. The van der Waals surface area contributed by atoms with Gasteiger partial charge in [0.15, 0.2) is 0 Å². The number of hydrogen-bond acceptors (Lipinski definition) is 3. The number of nitrogens with one attached hydrogen (secondary N) is 1. The van der Waals surface area contributed by atoms with E-state index in [1.807, 2.05) is 13.0 Å². The Kier molecular flexibility index (Phi) is 4.39. The van der Waals surface area contributed by atoms with Crippen LogP contribution in [0.5, 0.6) is 0 Å². The Labute approximate surface area is 95.3 Å². The van der Waals surface area contributed by atoms with Gasteiger partial charge in [-0.25, -0.2) is 0 Å². The zero-order valence-corrected chi connectivity index (χ0v) is 9.36. The number of amides is 1. The number of nitrogens with two attached hydrogens (primary N) is 2. The zero-order chi connectivity index (χ0) is 12.0. The molecule has 0 bridgehead atoms. The van der Waals surface area contributed by atoms with Crippen LogP contribution < -0.4 is 16.8 Å². The summed E-state index contributed by atoms with van der Waals surface area (Å²) >= 11 is 0. The molecular formula is C12H17N3O. The van der Waals surface area contributed by atoms with Crippen LogP contribution in [0.25, 0.3) is 0 Å². The predicted molar refractivity (Wildman–Crippen MR) is 67.3 cm³/mol. The predicted octanol–water partition coefficient (Wildman–Crippen LogP) is 1.75. The average molecular weight is 219 g/mol. The van der Waals surface area contributed by atoms with Crippen molar-refractivity contribution in [3.05, 3.63) is 35.9 Å². The van der Waals surface area contributed by atoms with Crippen LogP contribution in [0, 0.1) is 0 Å². The number of hydrogen-bond donors (Lipinski definition) is 3. The summed E-state index contributed by atoms with van der Waals surface area (Å²) in [7, 11) is 0. The maximum atomic E-state index is 10.9. The van der Waals surface area contributed by atoms with E-state index < -0.39 is 5.91 Å². The highest BCUT2D eigenvalue weighted by molar-refractivity contribution is 5.94. The van der Waals surface area contributed by atoms with E-state index >= 15 is 0 Å². The van der Waals surface area contributed by atoms with Crippen LogP contribution in [-0.4, -0.2) is 12.5 Å². The number of benzene rings is 1. The van der Waals surface area contributed by atoms with Gasteiger partial charge in [0.05, 0.1) is 11.4 Å². The molecule has 1 rings (SSSR count). The largest absolute Gasteiger partial charge is 0.397 e. The topological polar surface area (TPSA) is 81.1 Å².